The number of hydrogen-bond donors (Lipinski definition) is 2. The van der Waals surface area contributed by atoms with E-state index in [2.05, 4.69) is 25.8 Å². The highest BCUT2D eigenvalue weighted by Crippen LogP contribution is 2.50. The van der Waals surface area contributed by atoms with E-state index in [9.17, 15) is 5.11 Å². The lowest BCUT2D eigenvalue weighted by Gasteiger charge is -2.33. The minimum absolute atomic E-state index is 0.314. The van der Waals surface area contributed by atoms with Crippen LogP contribution in [0.15, 0.2) is 12.1 Å². The van der Waals surface area contributed by atoms with Crippen molar-refractivity contribution < 1.29 is 5.11 Å². The average Bonchev–Trinajstić information content (AvgIpc) is 3.18. The molecule has 1 saturated carbocycles. The quantitative estimate of drug-likeness (QED) is 0.887. The van der Waals surface area contributed by atoms with Gasteiger partial charge in [-0.3, -0.25) is 4.90 Å². The average molecular weight is 274 g/mol. The van der Waals surface area contributed by atoms with Crippen LogP contribution in [-0.4, -0.2) is 29.6 Å². The predicted molar refractivity (Wildman–Crippen MR) is 81.9 cm³/mol. The SMILES string of the molecule is Cc1ccc(O)c2c1C(C)CC2N(C)C(CN)C1CC1. The molecule has 3 rings (SSSR count). The highest BCUT2D eigenvalue weighted by molar-refractivity contribution is 5.51. The Balaban J connectivity index is 1.96. The maximum Gasteiger partial charge on any atom is 0.120 e. The third kappa shape index (κ3) is 2.13. The third-order valence-corrected chi connectivity index (χ3v) is 5.31. The number of rotatable bonds is 4. The van der Waals surface area contributed by atoms with Crippen LogP contribution in [0.1, 0.15) is 54.8 Å². The Labute approximate surface area is 121 Å². The van der Waals surface area contributed by atoms with Gasteiger partial charge in [-0.1, -0.05) is 13.0 Å². The zero-order valence-corrected chi connectivity index (χ0v) is 12.8. The molecular weight excluding hydrogens is 248 g/mol. The summed E-state index contributed by atoms with van der Waals surface area (Å²) < 4.78 is 0. The molecule has 2 aliphatic carbocycles. The Hall–Kier alpha value is -1.06. The van der Waals surface area contributed by atoms with Gasteiger partial charge in [-0.15, -0.1) is 0 Å². The molecule has 3 heteroatoms. The van der Waals surface area contributed by atoms with Gasteiger partial charge in [0.2, 0.25) is 0 Å². The van der Waals surface area contributed by atoms with Gasteiger partial charge in [0, 0.05) is 24.2 Å². The number of fused-ring (bicyclic) bond motifs is 1. The third-order valence-electron chi connectivity index (χ3n) is 5.31. The Morgan fingerprint density at radius 1 is 1.35 bits per heavy atom. The van der Waals surface area contributed by atoms with Crippen molar-refractivity contribution in [2.45, 2.75) is 51.1 Å². The molecule has 3 nitrogen and oxygen atoms in total. The molecule has 0 spiro atoms. The van der Waals surface area contributed by atoms with Crippen LogP contribution in [0.5, 0.6) is 5.75 Å². The van der Waals surface area contributed by atoms with E-state index in [-0.39, 0.29) is 0 Å². The summed E-state index contributed by atoms with van der Waals surface area (Å²) in [6.45, 7) is 5.14. The summed E-state index contributed by atoms with van der Waals surface area (Å²) in [7, 11) is 2.18. The number of phenols is 1. The standard InChI is InChI=1S/C17H26N2O/c1-10-4-7-15(20)17-13(8-11(2)16(10)17)19(3)14(9-18)12-5-6-12/h4,7,11-14,20H,5-6,8-9,18H2,1-3H3. The first kappa shape index (κ1) is 13.9. The highest BCUT2D eigenvalue weighted by Gasteiger charge is 2.40. The van der Waals surface area contributed by atoms with Gasteiger partial charge in [-0.25, -0.2) is 0 Å². The van der Waals surface area contributed by atoms with Gasteiger partial charge in [-0.05, 0) is 62.3 Å². The topological polar surface area (TPSA) is 49.5 Å². The lowest BCUT2D eigenvalue weighted by molar-refractivity contribution is 0.154. The molecule has 0 aliphatic heterocycles. The second kappa shape index (κ2) is 5.05. The van der Waals surface area contributed by atoms with Crippen molar-refractivity contribution >= 4 is 0 Å². The first-order chi connectivity index (χ1) is 9.54. The van der Waals surface area contributed by atoms with Crippen LogP contribution in [0.25, 0.3) is 0 Å². The monoisotopic (exact) mass is 274 g/mol. The number of hydrogen-bond acceptors (Lipinski definition) is 3. The number of aryl methyl sites for hydroxylation is 1. The summed E-state index contributed by atoms with van der Waals surface area (Å²) in [5, 5.41) is 10.3. The van der Waals surface area contributed by atoms with Gasteiger partial charge in [0.15, 0.2) is 0 Å². The van der Waals surface area contributed by atoms with E-state index in [0.717, 1.165) is 17.9 Å². The van der Waals surface area contributed by atoms with Gasteiger partial charge in [0.05, 0.1) is 0 Å². The van der Waals surface area contributed by atoms with Gasteiger partial charge in [0.25, 0.3) is 0 Å². The van der Waals surface area contributed by atoms with Crippen molar-refractivity contribution in [3.05, 3.63) is 28.8 Å². The van der Waals surface area contributed by atoms with Crippen molar-refractivity contribution in [2.75, 3.05) is 13.6 Å². The number of likely N-dealkylation sites (N-methyl/N-ethyl adjacent to an activating group) is 1. The second-order valence-electron chi connectivity index (χ2n) is 6.69. The fourth-order valence-electron chi connectivity index (χ4n) is 4.08. The Morgan fingerprint density at radius 3 is 2.65 bits per heavy atom. The summed E-state index contributed by atoms with van der Waals surface area (Å²) in [5.41, 5.74) is 9.81. The smallest absolute Gasteiger partial charge is 0.120 e. The molecule has 0 radical (unpaired) electrons. The first-order valence-corrected chi connectivity index (χ1v) is 7.79. The lowest BCUT2D eigenvalue weighted by Crippen LogP contribution is -2.41. The van der Waals surface area contributed by atoms with E-state index in [1.165, 1.54) is 24.0 Å². The Morgan fingerprint density at radius 2 is 2.05 bits per heavy atom. The van der Waals surface area contributed by atoms with Crippen LogP contribution in [-0.2, 0) is 0 Å². The molecular formula is C17H26N2O. The number of aromatic hydroxyl groups is 1. The van der Waals surface area contributed by atoms with Crippen LogP contribution in [0, 0.1) is 12.8 Å². The zero-order valence-electron chi connectivity index (χ0n) is 12.8. The van der Waals surface area contributed by atoms with Crippen LogP contribution in [0.2, 0.25) is 0 Å². The maximum absolute atomic E-state index is 10.3. The largest absolute Gasteiger partial charge is 0.508 e. The van der Waals surface area contributed by atoms with Crippen LogP contribution in [0.4, 0.5) is 0 Å². The van der Waals surface area contributed by atoms with Crippen molar-refractivity contribution in [1.82, 2.24) is 4.90 Å². The second-order valence-corrected chi connectivity index (χ2v) is 6.69. The van der Waals surface area contributed by atoms with Crippen LogP contribution < -0.4 is 5.73 Å². The molecule has 1 aromatic carbocycles. The van der Waals surface area contributed by atoms with Gasteiger partial charge >= 0.3 is 0 Å². The van der Waals surface area contributed by atoms with E-state index in [1.54, 1.807) is 0 Å². The molecule has 2 aliphatic rings. The molecule has 20 heavy (non-hydrogen) atoms. The van der Waals surface area contributed by atoms with E-state index in [4.69, 9.17) is 5.73 Å². The maximum atomic E-state index is 10.3. The van der Waals surface area contributed by atoms with E-state index in [1.807, 2.05) is 12.1 Å². The molecule has 3 atom stereocenters. The van der Waals surface area contributed by atoms with Crippen LogP contribution in [0.3, 0.4) is 0 Å². The van der Waals surface area contributed by atoms with E-state index >= 15 is 0 Å². The molecule has 1 aromatic rings. The van der Waals surface area contributed by atoms with E-state index in [0.29, 0.717) is 30.3 Å². The molecule has 0 aromatic heterocycles. The molecule has 1 fully saturated rings. The summed E-state index contributed by atoms with van der Waals surface area (Å²) in [4.78, 5) is 2.43. The summed E-state index contributed by atoms with van der Waals surface area (Å²) in [6, 6.07) is 4.66. The molecule has 3 N–H and O–H groups in total. The predicted octanol–water partition coefficient (Wildman–Crippen LogP) is 2.92. The van der Waals surface area contributed by atoms with Crippen LogP contribution >= 0.6 is 0 Å². The van der Waals surface area contributed by atoms with Crippen molar-refractivity contribution in [3.8, 4) is 5.75 Å². The van der Waals surface area contributed by atoms with Gasteiger partial charge in [-0.2, -0.15) is 0 Å². The van der Waals surface area contributed by atoms with Gasteiger partial charge < -0.3 is 10.8 Å². The zero-order chi connectivity index (χ0) is 14.4. The highest BCUT2D eigenvalue weighted by atomic mass is 16.3. The van der Waals surface area contributed by atoms with Crippen molar-refractivity contribution in [3.63, 3.8) is 0 Å². The molecule has 0 bridgehead atoms. The van der Waals surface area contributed by atoms with Crippen molar-refractivity contribution in [1.29, 1.82) is 0 Å². The fourth-order valence-corrected chi connectivity index (χ4v) is 4.08. The minimum atomic E-state index is 0.314. The fraction of sp³-hybridized carbons (Fsp3) is 0.647. The number of benzene rings is 1. The van der Waals surface area contributed by atoms with E-state index < -0.39 is 0 Å². The summed E-state index contributed by atoms with van der Waals surface area (Å²) >= 11 is 0. The Bertz CT molecular complexity index is 510. The molecule has 0 heterocycles. The molecule has 0 amide bonds. The Kier molecular flexibility index (Phi) is 3.51. The summed E-state index contributed by atoms with van der Waals surface area (Å²) in [6.07, 6.45) is 3.70. The lowest BCUT2D eigenvalue weighted by atomic mass is 9.97. The first-order valence-electron chi connectivity index (χ1n) is 7.79. The normalized spacial score (nSPS) is 26.9. The van der Waals surface area contributed by atoms with Crippen molar-refractivity contribution in [2.24, 2.45) is 11.7 Å². The molecule has 0 saturated heterocycles. The van der Waals surface area contributed by atoms with Gasteiger partial charge in [0.1, 0.15) is 5.75 Å². The minimum Gasteiger partial charge on any atom is -0.508 e. The number of phenolic OH excluding ortho intramolecular Hbond substituents is 1. The number of nitrogens with zero attached hydrogens (tertiary/aromatic N) is 1. The number of nitrogens with two attached hydrogens (primary N) is 1. The molecule has 110 valence electrons. The summed E-state index contributed by atoms with van der Waals surface area (Å²) in [5.74, 6) is 1.73. The molecule has 3 unspecified atom stereocenters.